The Morgan fingerprint density at radius 2 is 2.12 bits per heavy atom. The summed E-state index contributed by atoms with van der Waals surface area (Å²) in [6.45, 7) is 3.25. The van der Waals surface area contributed by atoms with Crippen molar-refractivity contribution in [3.63, 3.8) is 0 Å². The molecule has 0 radical (unpaired) electrons. The number of nitrogens with two attached hydrogens (primary N) is 1. The van der Waals surface area contributed by atoms with E-state index in [0.717, 1.165) is 18.8 Å². The third-order valence-electron chi connectivity index (χ3n) is 2.64. The Morgan fingerprint density at radius 1 is 1.31 bits per heavy atom. The van der Waals surface area contributed by atoms with Crippen molar-refractivity contribution in [1.29, 1.82) is 0 Å². The highest BCUT2D eigenvalue weighted by Crippen LogP contribution is 2.08. The van der Waals surface area contributed by atoms with E-state index in [0.29, 0.717) is 6.54 Å². The van der Waals surface area contributed by atoms with Crippen molar-refractivity contribution in [2.75, 3.05) is 0 Å². The number of tetrazole rings is 1. The van der Waals surface area contributed by atoms with Gasteiger partial charge in [0.2, 0.25) is 0 Å². The second-order valence-electron chi connectivity index (χ2n) is 3.70. The van der Waals surface area contributed by atoms with Gasteiger partial charge in [0, 0.05) is 6.54 Å². The third-order valence-corrected chi connectivity index (χ3v) is 2.64. The number of benzene rings is 1. The van der Waals surface area contributed by atoms with Crippen LogP contribution in [0.5, 0.6) is 0 Å². The molecule has 16 heavy (non-hydrogen) atoms. The largest absolute Gasteiger partial charge is 0.324 e. The van der Waals surface area contributed by atoms with Gasteiger partial charge < -0.3 is 5.73 Å². The van der Waals surface area contributed by atoms with Crippen molar-refractivity contribution >= 4 is 0 Å². The van der Waals surface area contributed by atoms with E-state index in [-0.39, 0.29) is 0 Å². The predicted octanol–water partition coefficient (Wildman–Crippen LogP) is 0.683. The SMILES string of the molecule is Cc1ccccc1CCn1nnnc1CN. The minimum atomic E-state index is 0.376. The summed E-state index contributed by atoms with van der Waals surface area (Å²) in [5, 5.41) is 11.4. The first kappa shape index (κ1) is 10.8. The van der Waals surface area contributed by atoms with E-state index in [9.17, 15) is 0 Å². The Bertz CT molecular complexity index is 463. The maximum Gasteiger partial charge on any atom is 0.164 e. The first-order valence-electron chi connectivity index (χ1n) is 5.31. The van der Waals surface area contributed by atoms with Crippen LogP contribution in [0, 0.1) is 6.92 Å². The quantitative estimate of drug-likeness (QED) is 0.817. The molecule has 0 amide bonds. The molecule has 84 valence electrons. The standard InChI is InChI=1S/C11H15N5/c1-9-4-2-3-5-10(9)6-7-16-11(8-12)13-14-15-16/h2-5H,6-8,12H2,1H3. The summed E-state index contributed by atoms with van der Waals surface area (Å²) in [5.41, 5.74) is 8.15. The first-order chi connectivity index (χ1) is 7.81. The smallest absolute Gasteiger partial charge is 0.164 e. The molecule has 0 bridgehead atoms. The molecule has 1 aromatic carbocycles. The van der Waals surface area contributed by atoms with Gasteiger partial charge in [-0.15, -0.1) is 5.10 Å². The lowest BCUT2D eigenvalue weighted by atomic mass is 10.1. The topological polar surface area (TPSA) is 69.6 Å². The number of aromatic nitrogens is 4. The maximum absolute atomic E-state index is 5.53. The molecule has 2 aromatic rings. The second-order valence-corrected chi connectivity index (χ2v) is 3.70. The predicted molar refractivity (Wildman–Crippen MR) is 60.6 cm³/mol. The molecule has 0 spiro atoms. The van der Waals surface area contributed by atoms with Crippen molar-refractivity contribution in [2.45, 2.75) is 26.4 Å². The van der Waals surface area contributed by atoms with E-state index in [1.54, 1.807) is 4.68 Å². The van der Waals surface area contributed by atoms with Crippen molar-refractivity contribution in [3.8, 4) is 0 Å². The fraction of sp³-hybridized carbons (Fsp3) is 0.364. The molecule has 0 unspecified atom stereocenters. The number of aryl methyl sites for hydroxylation is 3. The summed E-state index contributed by atoms with van der Waals surface area (Å²) >= 11 is 0. The van der Waals surface area contributed by atoms with Gasteiger partial charge in [0.15, 0.2) is 5.82 Å². The third kappa shape index (κ3) is 2.25. The number of rotatable bonds is 4. The Morgan fingerprint density at radius 3 is 2.88 bits per heavy atom. The van der Waals surface area contributed by atoms with Gasteiger partial charge in [-0.1, -0.05) is 24.3 Å². The van der Waals surface area contributed by atoms with Crippen LogP contribution >= 0.6 is 0 Å². The average Bonchev–Trinajstić information content (AvgIpc) is 2.75. The summed E-state index contributed by atoms with van der Waals surface area (Å²) in [4.78, 5) is 0. The Kier molecular flexibility index (Phi) is 3.26. The lowest BCUT2D eigenvalue weighted by Gasteiger charge is -2.06. The van der Waals surface area contributed by atoms with E-state index < -0.39 is 0 Å². The minimum absolute atomic E-state index is 0.376. The lowest BCUT2D eigenvalue weighted by Crippen LogP contribution is -2.11. The van der Waals surface area contributed by atoms with E-state index in [2.05, 4.69) is 34.6 Å². The van der Waals surface area contributed by atoms with Crippen LogP contribution in [0.25, 0.3) is 0 Å². The highest BCUT2D eigenvalue weighted by Gasteiger charge is 2.04. The second kappa shape index (κ2) is 4.85. The highest BCUT2D eigenvalue weighted by atomic mass is 15.5. The van der Waals surface area contributed by atoms with Gasteiger partial charge in [0.05, 0.1) is 6.54 Å². The van der Waals surface area contributed by atoms with Crippen LogP contribution in [0.15, 0.2) is 24.3 Å². The molecule has 5 nitrogen and oxygen atoms in total. The molecular weight excluding hydrogens is 202 g/mol. The normalized spacial score (nSPS) is 10.6. The zero-order valence-electron chi connectivity index (χ0n) is 9.30. The van der Waals surface area contributed by atoms with Crippen LogP contribution in [-0.4, -0.2) is 20.2 Å². The molecule has 0 saturated carbocycles. The van der Waals surface area contributed by atoms with Gasteiger partial charge in [-0.3, -0.25) is 0 Å². The molecule has 0 aliphatic heterocycles. The number of nitrogens with zero attached hydrogens (tertiary/aromatic N) is 4. The first-order valence-corrected chi connectivity index (χ1v) is 5.31. The number of hydrogen-bond acceptors (Lipinski definition) is 4. The molecule has 5 heteroatoms. The minimum Gasteiger partial charge on any atom is -0.324 e. The van der Waals surface area contributed by atoms with Gasteiger partial charge >= 0.3 is 0 Å². The van der Waals surface area contributed by atoms with Crippen molar-refractivity contribution in [1.82, 2.24) is 20.2 Å². The van der Waals surface area contributed by atoms with Gasteiger partial charge in [-0.2, -0.15) is 0 Å². The molecule has 0 atom stereocenters. The maximum atomic E-state index is 5.53. The Hall–Kier alpha value is -1.75. The van der Waals surface area contributed by atoms with Crippen molar-refractivity contribution < 1.29 is 0 Å². The highest BCUT2D eigenvalue weighted by molar-refractivity contribution is 5.25. The molecule has 1 heterocycles. The monoisotopic (exact) mass is 217 g/mol. The summed E-state index contributed by atoms with van der Waals surface area (Å²) < 4.78 is 1.76. The van der Waals surface area contributed by atoms with Crippen LogP contribution in [0.4, 0.5) is 0 Å². The van der Waals surface area contributed by atoms with Gasteiger partial charge in [-0.25, -0.2) is 4.68 Å². The van der Waals surface area contributed by atoms with Gasteiger partial charge in [-0.05, 0) is 34.9 Å². The molecule has 2 N–H and O–H groups in total. The Labute approximate surface area is 94.3 Å². The molecule has 0 saturated heterocycles. The van der Waals surface area contributed by atoms with Crippen LogP contribution < -0.4 is 5.73 Å². The summed E-state index contributed by atoms with van der Waals surface area (Å²) in [7, 11) is 0. The fourth-order valence-electron chi connectivity index (χ4n) is 1.66. The zero-order chi connectivity index (χ0) is 11.4. The van der Waals surface area contributed by atoms with E-state index >= 15 is 0 Å². The van der Waals surface area contributed by atoms with Crippen LogP contribution in [0.2, 0.25) is 0 Å². The molecule has 1 aromatic heterocycles. The van der Waals surface area contributed by atoms with Crippen molar-refractivity contribution in [3.05, 3.63) is 41.2 Å². The molecule has 0 aliphatic carbocycles. The van der Waals surface area contributed by atoms with Gasteiger partial charge in [0.25, 0.3) is 0 Å². The van der Waals surface area contributed by atoms with Crippen LogP contribution in [0.3, 0.4) is 0 Å². The van der Waals surface area contributed by atoms with Gasteiger partial charge in [0.1, 0.15) is 0 Å². The molecule has 0 aliphatic rings. The molecule has 2 rings (SSSR count). The molecular formula is C11H15N5. The summed E-state index contributed by atoms with van der Waals surface area (Å²) in [5.74, 6) is 0.730. The van der Waals surface area contributed by atoms with Crippen molar-refractivity contribution in [2.24, 2.45) is 5.73 Å². The van der Waals surface area contributed by atoms with Crippen LogP contribution in [0.1, 0.15) is 17.0 Å². The zero-order valence-corrected chi connectivity index (χ0v) is 9.30. The van der Waals surface area contributed by atoms with E-state index in [1.807, 2.05) is 12.1 Å². The van der Waals surface area contributed by atoms with E-state index in [4.69, 9.17) is 5.73 Å². The van der Waals surface area contributed by atoms with Crippen LogP contribution in [-0.2, 0) is 19.5 Å². The number of hydrogen-bond donors (Lipinski definition) is 1. The average molecular weight is 217 g/mol. The summed E-state index contributed by atoms with van der Waals surface area (Å²) in [6, 6.07) is 8.33. The summed E-state index contributed by atoms with van der Waals surface area (Å²) in [6.07, 6.45) is 0.921. The Balaban J connectivity index is 2.05. The molecule has 0 fully saturated rings. The lowest BCUT2D eigenvalue weighted by molar-refractivity contribution is 0.564. The van der Waals surface area contributed by atoms with E-state index in [1.165, 1.54) is 11.1 Å². The fourth-order valence-corrected chi connectivity index (χ4v) is 1.66.